The molecule has 0 aliphatic heterocycles. The molecule has 0 bridgehead atoms. The van der Waals surface area contributed by atoms with Gasteiger partial charge in [0.15, 0.2) is 6.10 Å². The predicted octanol–water partition coefficient (Wildman–Crippen LogP) is 3.73. The molecule has 0 saturated carbocycles. The Morgan fingerprint density at radius 1 is 1.23 bits per heavy atom. The molecule has 0 fully saturated rings. The number of ether oxygens (including phenoxy) is 2. The van der Waals surface area contributed by atoms with Crippen LogP contribution in [0.4, 0.5) is 5.00 Å². The molecule has 1 aromatic carbocycles. The summed E-state index contributed by atoms with van der Waals surface area (Å²) in [5.41, 5.74) is 2.32. The quantitative estimate of drug-likeness (QED) is 0.630. The Labute approximate surface area is 185 Å². The van der Waals surface area contributed by atoms with Crippen LogP contribution in [-0.4, -0.2) is 35.7 Å². The first kappa shape index (κ1) is 23.0. The minimum Gasteiger partial charge on any atom is -0.462 e. The number of anilines is 1. The number of rotatable bonds is 7. The highest BCUT2D eigenvalue weighted by atomic mass is 32.1. The van der Waals surface area contributed by atoms with Crippen molar-refractivity contribution in [3.05, 3.63) is 51.4 Å². The maximum atomic E-state index is 12.7. The second kappa shape index (κ2) is 10.1. The average Bonchev–Trinajstić information content (AvgIpc) is 3.10. The lowest BCUT2D eigenvalue weighted by atomic mass is 9.88. The first-order valence-corrected chi connectivity index (χ1v) is 11.2. The van der Waals surface area contributed by atoms with Crippen LogP contribution in [0.3, 0.4) is 0 Å². The van der Waals surface area contributed by atoms with Crippen LogP contribution in [0.5, 0.6) is 0 Å². The van der Waals surface area contributed by atoms with Gasteiger partial charge in [0.05, 0.1) is 24.3 Å². The number of esters is 2. The summed E-state index contributed by atoms with van der Waals surface area (Å²) in [4.78, 5) is 38.7. The van der Waals surface area contributed by atoms with Crippen LogP contribution >= 0.6 is 11.3 Å². The van der Waals surface area contributed by atoms with Crippen molar-refractivity contribution in [2.45, 2.75) is 52.7 Å². The van der Waals surface area contributed by atoms with E-state index in [1.165, 1.54) is 30.4 Å². The lowest BCUT2D eigenvalue weighted by molar-refractivity contribution is -0.123. The molecule has 0 spiro atoms. The number of benzene rings is 1. The van der Waals surface area contributed by atoms with Crippen molar-refractivity contribution >= 4 is 34.2 Å². The molecule has 166 valence electrons. The van der Waals surface area contributed by atoms with E-state index in [0.29, 0.717) is 22.0 Å². The first-order valence-electron chi connectivity index (χ1n) is 10.4. The maximum Gasteiger partial charge on any atom is 0.341 e. The smallest absolute Gasteiger partial charge is 0.341 e. The van der Waals surface area contributed by atoms with Crippen LogP contribution in [0, 0.1) is 5.92 Å². The van der Waals surface area contributed by atoms with Gasteiger partial charge < -0.3 is 19.9 Å². The van der Waals surface area contributed by atoms with E-state index >= 15 is 0 Å². The van der Waals surface area contributed by atoms with Crippen molar-refractivity contribution in [1.82, 2.24) is 0 Å². The number of carbonyl (C=O) groups excluding carboxylic acids is 3. The monoisotopic (exact) mass is 445 g/mol. The molecule has 7 nitrogen and oxygen atoms in total. The van der Waals surface area contributed by atoms with Gasteiger partial charge in [-0.3, -0.25) is 4.79 Å². The summed E-state index contributed by atoms with van der Waals surface area (Å²) in [7, 11) is 0. The standard InChI is InChI=1S/C23H27NO6S/c1-4-29-23(28)19-17-10-5-13(2)11-18(17)31-21(19)24-20(26)14(3)30-22(27)16-8-6-15(12-25)7-9-16/h6-9,13-14,25H,4-5,10-12H2,1-3H3,(H,24,26). The lowest BCUT2D eigenvalue weighted by Crippen LogP contribution is -2.30. The molecule has 1 aliphatic rings. The van der Waals surface area contributed by atoms with Gasteiger partial charge in [-0.05, 0) is 62.3 Å². The Balaban J connectivity index is 1.74. The Morgan fingerprint density at radius 2 is 1.94 bits per heavy atom. The molecule has 1 heterocycles. The summed E-state index contributed by atoms with van der Waals surface area (Å²) in [6.45, 7) is 5.51. The Morgan fingerprint density at radius 3 is 2.58 bits per heavy atom. The zero-order chi connectivity index (χ0) is 22.5. The number of hydrogen-bond acceptors (Lipinski definition) is 7. The third-order valence-electron chi connectivity index (χ3n) is 5.25. The van der Waals surface area contributed by atoms with Gasteiger partial charge in [-0.15, -0.1) is 11.3 Å². The summed E-state index contributed by atoms with van der Waals surface area (Å²) in [5.74, 6) is -1.09. The number of fused-ring (bicyclic) bond motifs is 1. The Bertz CT molecular complexity index is 965. The van der Waals surface area contributed by atoms with Gasteiger partial charge >= 0.3 is 11.9 Å². The summed E-state index contributed by atoms with van der Waals surface area (Å²) >= 11 is 1.39. The molecule has 31 heavy (non-hydrogen) atoms. The van der Waals surface area contributed by atoms with Crippen molar-refractivity contribution in [3.63, 3.8) is 0 Å². The summed E-state index contributed by atoms with van der Waals surface area (Å²) in [6, 6.07) is 6.30. The fraction of sp³-hybridized carbons (Fsp3) is 0.435. The van der Waals surface area contributed by atoms with Crippen molar-refractivity contribution < 1.29 is 29.0 Å². The average molecular weight is 446 g/mol. The highest BCUT2D eigenvalue weighted by Crippen LogP contribution is 2.40. The van der Waals surface area contributed by atoms with Gasteiger partial charge in [0.2, 0.25) is 0 Å². The molecule has 1 amide bonds. The van der Waals surface area contributed by atoms with E-state index in [2.05, 4.69) is 12.2 Å². The molecule has 2 unspecified atom stereocenters. The van der Waals surface area contributed by atoms with Gasteiger partial charge in [-0.1, -0.05) is 19.1 Å². The third-order valence-corrected chi connectivity index (χ3v) is 6.42. The summed E-state index contributed by atoms with van der Waals surface area (Å²) in [6.07, 6.45) is 1.55. The molecule has 2 atom stereocenters. The van der Waals surface area contributed by atoms with Crippen molar-refractivity contribution in [2.75, 3.05) is 11.9 Å². The highest BCUT2D eigenvalue weighted by molar-refractivity contribution is 7.17. The first-order chi connectivity index (χ1) is 14.8. The summed E-state index contributed by atoms with van der Waals surface area (Å²) in [5, 5.41) is 12.3. The Kier molecular flexibility index (Phi) is 7.46. The molecule has 1 aliphatic carbocycles. The minimum atomic E-state index is -1.06. The van der Waals surface area contributed by atoms with Gasteiger partial charge in [-0.2, -0.15) is 0 Å². The summed E-state index contributed by atoms with van der Waals surface area (Å²) < 4.78 is 10.5. The molecule has 0 radical (unpaired) electrons. The zero-order valence-electron chi connectivity index (χ0n) is 17.9. The molecule has 8 heteroatoms. The molecule has 2 N–H and O–H groups in total. The van der Waals surface area contributed by atoms with Crippen molar-refractivity contribution in [1.29, 1.82) is 0 Å². The number of amides is 1. The molecular formula is C23H27NO6S. The van der Waals surface area contributed by atoms with Gasteiger partial charge in [0.25, 0.3) is 5.91 Å². The number of carbonyl (C=O) groups is 3. The lowest BCUT2D eigenvalue weighted by Gasteiger charge is -2.18. The van der Waals surface area contributed by atoms with Gasteiger partial charge in [-0.25, -0.2) is 9.59 Å². The number of nitrogens with one attached hydrogen (secondary N) is 1. The maximum absolute atomic E-state index is 12.7. The number of aliphatic hydroxyl groups is 1. The molecule has 0 saturated heterocycles. The SMILES string of the molecule is CCOC(=O)c1c(NC(=O)C(C)OC(=O)c2ccc(CO)cc2)sc2c1CCC(C)C2. The second-order valence-electron chi connectivity index (χ2n) is 7.67. The van der Waals surface area contributed by atoms with Crippen LogP contribution in [0.2, 0.25) is 0 Å². The Hall–Kier alpha value is -2.71. The van der Waals surface area contributed by atoms with Crippen LogP contribution in [0.25, 0.3) is 0 Å². The van der Waals surface area contributed by atoms with Crippen molar-refractivity contribution in [3.8, 4) is 0 Å². The third kappa shape index (κ3) is 5.32. The van der Waals surface area contributed by atoms with E-state index < -0.39 is 23.9 Å². The van der Waals surface area contributed by atoms with E-state index in [0.717, 1.165) is 29.7 Å². The highest BCUT2D eigenvalue weighted by Gasteiger charge is 2.30. The second-order valence-corrected chi connectivity index (χ2v) is 8.77. The fourth-order valence-electron chi connectivity index (χ4n) is 3.50. The topological polar surface area (TPSA) is 102 Å². The van der Waals surface area contributed by atoms with Crippen LogP contribution in [-0.2, 0) is 33.7 Å². The zero-order valence-corrected chi connectivity index (χ0v) is 18.7. The van der Waals surface area contributed by atoms with Gasteiger partial charge in [0.1, 0.15) is 5.00 Å². The van der Waals surface area contributed by atoms with Crippen LogP contribution in [0.1, 0.15) is 63.9 Å². The molecule has 3 rings (SSSR count). The largest absolute Gasteiger partial charge is 0.462 e. The van der Waals surface area contributed by atoms with E-state index in [4.69, 9.17) is 14.6 Å². The van der Waals surface area contributed by atoms with E-state index in [1.807, 2.05) is 0 Å². The fourth-order valence-corrected chi connectivity index (χ4v) is 4.90. The molecular weight excluding hydrogens is 418 g/mol. The number of thiophene rings is 1. The van der Waals surface area contributed by atoms with E-state index in [1.54, 1.807) is 19.1 Å². The van der Waals surface area contributed by atoms with Crippen LogP contribution in [0.15, 0.2) is 24.3 Å². The van der Waals surface area contributed by atoms with E-state index in [-0.39, 0.29) is 18.8 Å². The molecule has 1 aromatic heterocycles. The minimum absolute atomic E-state index is 0.125. The van der Waals surface area contributed by atoms with Crippen molar-refractivity contribution in [2.24, 2.45) is 5.92 Å². The predicted molar refractivity (Wildman–Crippen MR) is 117 cm³/mol. The van der Waals surface area contributed by atoms with E-state index in [9.17, 15) is 14.4 Å². The number of hydrogen-bond donors (Lipinski definition) is 2. The van der Waals surface area contributed by atoms with Crippen LogP contribution < -0.4 is 5.32 Å². The normalized spacial score (nSPS) is 16.2. The molecule has 2 aromatic rings. The van der Waals surface area contributed by atoms with Gasteiger partial charge in [0, 0.05) is 4.88 Å². The number of aliphatic hydroxyl groups excluding tert-OH is 1.